The molecule has 0 spiro atoms. The Balaban J connectivity index is 1.81. The number of carbonyl (C=O) groups excluding carboxylic acids is 1. The average molecular weight is 396 g/mol. The minimum Gasteiger partial charge on any atom is -0.340 e. The van der Waals surface area contributed by atoms with E-state index in [1.807, 2.05) is 57.2 Å². The van der Waals surface area contributed by atoms with Gasteiger partial charge >= 0.3 is 0 Å². The molecule has 7 heteroatoms. The van der Waals surface area contributed by atoms with Gasteiger partial charge in [0.2, 0.25) is 11.9 Å². The van der Waals surface area contributed by atoms with Crippen molar-refractivity contribution in [3.8, 4) is 0 Å². The molecule has 3 rings (SSSR count). The van der Waals surface area contributed by atoms with Crippen LogP contribution in [0.3, 0.4) is 0 Å². The van der Waals surface area contributed by atoms with Gasteiger partial charge in [0.1, 0.15) is 5.82 Å². The van der Waals surface area contributed by atoms with Crippen LogP contribution in [0.1, 0.15) is 23.7 Å². The Bertz CT molecular complexity index is 995. The second-order valence-electron chi connectivity index (χ2n) is 6.67. The molecule has 0 unspecified atom stereocenters. The quantitative estimate of drug-likeness (QED) is 0.531. The highest BCUT2D eigenvalue weighted by molar-refractivity contribution is 6.33. The van der Waals surface area contributed by atoms with Gasteiger partial charge in [0.05, 0.1) is 10.7 Å². The van der Waals surface area contributed by atoms with Crippen molar-refractivity contribution in [2.45, 2.75) is 27.7 Å². The lowest BCUT2D eigenvalue weighted by atomic mass is 10.1. The van der Waals surface area contributed by atoms with Crippen molar-refractivity contribution in [3.05, 3.63) is 64.3 Å². The molecule has 0 fully saturated rings. The van der Waals surface area contributed by atoms with Crippen LogP contribution < -0.4 is 16.0 Å². The number of hydrogen-bond donors (Lipinski definition) is 3. The van der Waals surface area contributed by atoms with Crippen LogP contribution in [0.5, 0.6) is 0 Å². The first kappa shape index (κ1) is 19.6. The highest BCUT2D eigenvalue weighted by Gasteiger charge is 2.09. The molecule has 0 radical (unpaired) electrons. The third kappa shape index (κ3) is 4.98. The summed E-state index contributed by atoms with van der Waals surface area (Å²) in [4.78, 5) is 20.1. The Hall–Kier alpha value is -3.12. The van der Waals surface area contributed by atoms with E-state index < -0.39 is 0 Å². The topological polar surface area (TPSA) is 78.9 Å². The van der Waals surface area contributed by atoms with Crippen molar-refractivity contribution < 1.29 is 4.79 Å². The number of aromatic nitrogens is 2. The number of halogens is 1. The number of nitrogens with zero attached hydrogens (tertiary/aromatic N) is 2. The molecule has 1 heterocycles. The molecular weight excluding hydrogens is 374 g/mol. The van der Waals surface area contributed by atoms with E-state index in [-0.39, 0.29) is 5.91 Å². The van der Waals surface area contributed by atoms with Crippen LogP contribution in [-0.2, 0) is 4.79 Å². The molecule has 0 bridgehead atoms. The SMILES string of the molecule is CC(=O)Nc1ccc(Nc2cc(C)nc(Nc3c(C)cc(C)cc3Cl)n2)cc1. The van der Waals surface area contributed by atoms with Gasteiger partial charge in [0, 0.05) is 30.1 Å². The summed E-state index contributed by atoms with van der Waals surface area (Å²) in [7, 11) is 0. The van der Waals surface area contributed by atoms with Crippen LogP contribution in [0.2, 0.25) is 5.02 Å². The molecule has 0 saturated heterocycles. The van der Waals surface area contributed by atoms with Gasteiger partial charge in [-0.3, -0.25) is 4.79 Å². The van der Waals surface area contributed by atoms with E-state index in [1.54, 1.807) is 0 Å². The molecule has 0 aliphatic rings. The maximum atomic E-state index is 11.1. The van der Waals surface area contributed by atoms with Crippen molar-refractivity contribution in [2.24, 2.45) is 0 Å². The summed E-state index contributed by atoms with van der Waals surface area (Å²) in [5.41, 5.74) is 5.33. The van der Waals surface area contributed by atoms with Crippen molar-refractivity contribution in [1.29, 1.82) is 0 Å². The Morgan fingerprint density at radius 2 is 1.61 bits per heavy atom. The van der Waals surface area contributed by atoms with Crippen LogP contribution in [-0.4, -0.2) is 15.9 Å². The monoisotopic (exact) mass is 395 g/mol. The van der Waals surface area contributed by atoms with Gasteiger partial charge in [-0.15, -0.1) is 0 Å². The zero-order chi connectivity index (χ0) is 20.3. The van der Waals surface area contributed by atoms with Crippen molar-refractivity contribution in [1.82, 2.24) is 9.97 Å². The summed E-state index contributed by atoms with van der Waals surface area (Å²) < 4.78 is 0. The minimum absolute atomic E-state index is 0.104. The molecule has 144 valence electrons. The third-order valence-corrected chi connectivity index (χ3v) is 4.30. The van der Waals surface area contributed by atoms with Crippen LogP contribution in [0.15, 0.2) is 42.5 Å². The Kier molecular flexibility index (Phi) is 5.80. The minimum atomic E-state index is -0.104. The fourth-order valence-corrected chi connectivity index (χ4v) is 3.23. The van der Waals surface area contributed by atoms with Gasteiger partial charge in [0.25, 0.3) is 0 Å². The van der Waals surface area contributed by atoms with Crippen LogP contribution in [0, 0.1) is 20.8 Å². The molecule has 6 nitrogen and oxygen atoms in total. The molecule has 0 atom stereocenters. The van der Waals surface area contributed by atoms with Crippen molar-refractivity contribution in [3.63, 3.8) is 0 Å². The number of hydrogen-bond acceptors (Lipinski definition) is 5. The van der Waals surface area contributed by atoms with Crippen LogP contribution >= 0.6 is 11.6 Å². The third-order valence-electron chi connectivity index (χ3n) is 4.00. The van der Waals surface area contributed by atoms with E-state index in [0.29, 0.717) is 16.8 Å². The summed E-state index contributed by atoms with van der Waals surface area (Å²) in [5, 5.41) is 9.85. The standard InChI is InChI=1S/C21H22ClN5O/c1-12-9-13(2)20(18(22)10-12)27-21-23-14(3)11-19(26-21)25-17-7-5-16(6-8-17)24-15(4)28/h5-11H,1-4H3,(H,24,28)(H2,23,25,26,27). The zero-order valence-corrected chi connectivity index (χ0v) is 17.0. The lowest BCUT2D eigenvalue weighted by Gasteiger charge is -2.13. The number of carbonyl (C=O) groups is 1. The van der Waals surface area contributed by atoms with Gasteiger partial charge in [-0.05, 0) is 62.2 Å². The molecule has 3 N–H and O–H groups in total. The lowest BCUT2D eigenvalue weighted by Crippen LogP contribution is -2.06. The first-order chi connectivity index (χ1) is 13.3. The number of rotatable bonds is 5. The van der Waals surface area contributed by atoms with E-state index in [1.165, 1.54) is 6.92 Å². The molecule has 0 aliphatic carbocycles. The summed E-state index contributed by atoms with van der Waals surface area (Å²) in [6, 6.07) is 13.2. The lowest BCUT2D eigenvalue weighted by molar-refractivity contribution is -0.114. The molecule has 0 aliphatic heterocycles. The van der Waals surface area contributed by atoms with E-state index in [4.69, 9.17) is 11.6 Å². The first-order valence-corrected chi connectivity index (χ1v) is 9.22. The smallest absolute Gasteiger partial charge is 0.229 e. The summed E-state index contributed by atoms with van der Waals surface area (Å²) in [6.45, 7) is 7.38. The molecule has 1 amide bonds. The zero-order valence-electron chi connectivity index (χ0n) is 16.2. The van der Waals surface area contributed by atoms with Gasteiger partial charge in [-0.25, -0.2) is 4.98 Å². The van der Waals surface area contributed by atoms with E-state index in [9.17, 15) is 4.79 Å². The second-order valence-corrected chi connectivity index (χ2v) is 7.07. The van der Waals surface area contributed by atoms with Gasteiger partial charge in [-0.1, -0.05) is 17.7 Å². The second kappa shape index (κ2) is 8.27. The molecule has 2 aromatic carbocycles. The Labute approximate surface area is 169 Å². The Morgan fingerprint density at radius 1 is 0.929 bits per heavy atom. The molecule has 1 aromatic heterocycles. The van der Waals surface area contributed by atoms with E-state index in [2.05, 4.69) is 32.0 Å². The van der Waals surface area contributed by atoms with Gasteiger partial charge < -0.3 is 16.0 Å². The number of aryl methyl sites for hydroxylation is 3. The van der Waals surface area contributed by atoms with E-state index in [0.717, 1.165) is 33.9 Å². The highest BCUT2D eigenvalue weighted by Crippen LogP contribution is 2.30. The number of nitrogens with one attached hydrogen (secondary N) is 3. The van der Waals surface area contributed by atoms with Crippen LogP contribution in [0.4, 0.5) is 28.8 Å². The summed E-state index contributed by atoms with van der Waals surface area (Å²) in [5.74, 6) is 1.02. The maximum absolute atomic E-state index is 11.1. The maximum Gasteiger partial charge on any atom is 0.229 e. The molecule has 3 aromatic rings. The number of benzene rings is 2. The normalized spacial score (nSPS) is 10.5. The van der Waals surface area contributed by atoms with Crippen molar-refractivity contribution in [2.75, 3.05) is 16.0 Å². The molecule has 0 saturated carbocycles. The summed E-state index contributed by atoms with van der Waals surface area (Å²) >= 11 is 6.38. The summed E-state index contributed by atoms with van der Waals surface area (Å²) in [6.07, 6.45) is 0. The van der Waals surface area contributed by atoms with Crippen LogP contribution in [0.25, 0.3) is 0 Å². The van der Waals surface area contributed by atoms with Gasteiger partial charge in [-0.2, -0.15) is 4.98 Å². The predicted octanol–water partition coefficient (Wildman–Crippen LogP) is 5.50. The van der Waals surface area contributed by atoms with Crippen molar-refractivity contribution >= 4 is 46.3 Å². The van der Waals surface area contributed by atoms with E-state index >= 15 is 0 Å². The highest BCUT2D eigenvalue weighted by atomic mass is 35.5. The predicted molar refractivity (Wildman–Crippen MR) is 115 cm³/mol. The largest absolute Gasteiger partial charge is 0.340 e. The molecular formula is C21H22ClN5O. The average Bonchev–Trinajstić information content (AvgIpc) is 2.59. The Morgan fingerprint density at radius 3 is 2.25 bits per heavy atom. The first-order valence-electron chi connectivity index (χ1n) is 8.84. The number of anilines is 5. The van der Waals surface area contributed by atoms with Gasteiger partial charge in [0.15, 0.2) is 0 Å². The fraction of sp³-hybridized carbons (Fsp3) is 0.190. The fourth-order valence-electron chi connectivity index (χ4n) is 2.86. The molecule has 28 heavy (non-hydrogen) atoms. The number of amides is 1.